The standard InChI is InChI=1S/C22H37NO/c1-14(23-4)18-7-8-19-17-6-5-15-13-16(24)9-11-21(15,2)20(17)10-12-22(18,19)3/h5,14,16-20,23-24H,6-13H2,1-4H3/t14?,16-,17?,18+,19?,20?,21-,22?/m0/s1. The smallest absolute Gasteiger partial charge is 0.0577 e. The molecular formula is C22H37NO. The van der Waals surface area contributed by atoms with Gasteiger partial charge in [-0.05, 0) is 99.8 Å². The Kier molecular flexibility index (Phi) is 4.16. The first-order valence-corrected chi connectivity index (χ1v) is 10.4. The third-order valence-electron chi connectivity index (χ3n) is 9.21. The van der Waals surface area contributed by atoms with E-state index in [0.29, 0.717) is 16.9 Å². The fraction of sp³-hybridized carbons (Fsp3) is 0.909. The molecule has 0 aromatic carbocycles. The van der Waals surface area contributed by atoms with E-state index in [-0.39, 0.29) is 6.10 Å². The fourth-order valence-electron chi connectivity index (χ4n) is 7.70. The number of fused-ring (bicyclic) bond motifs is 5. The van der Waals surface area contributed by atoms with E-state index in [1.807, 2.05) is 0 Å². The van der Waals surface area contributed by atoms with Crippen molar-refractivity contribution in [2.75, 3.05) is 7.05 Å². The average molecular weight is 332 g/mol. The van der Waals surface area contributed by atoms with Crippen molar-refractivity contribution in [3.8, 4) is 0 Å². The van der Waals surface area contributed by atoms with Crippen LogP contribution in [-0.2, 0) is 0 Å². The van der Waals surface area contributed by atoms with Gasteiger partial charge in [-0.2, -0.15) is 0 Å². The highest BCUT2D eigenvalue weighted by atomic mass is 16.3. The van der Waals surface area contributed by atoms with Gasteiger partial charge >= 0.3 is 0 Å². The number of rotatable bonds is 2. The Bertz CT molecular complexity index is 528. The Hall–Kier alpha value is -0.340. The van der Waals surface area contributed by atoms with Crippen LogP contribution < -0.4 is 5.32 Å². The van der Waals surface area contributed by atoms with Gasteiger partial charge < -0.3 is 10.4 Å². The van der Waals surface area contributed by atoms with Crippen LogP contribution in [0.2, 0.25) is 0 Å². The highest BCUT2D eigenvalue weighted by molar-refractivity contribution is 5.25. The molecule has 0 bridgehead atoms. The van der Waals surface area contributed by atoms with E-state index in [2.05, 4.69) is 39.2 Å². The second-order valence-corrected chi connectivity index (χ2v) is 9.96. The zero-order valence-corrected chi connectivity index (χ0v) is 16.1. The number of nitrogens with one attached hydrogen (secondary N) is 1. The first-order chi connectivity index (χ1) is 11.4. The minimum Gasteiger partial charge on any atom is -0.393 e. The second kappa shape index (κ2) is 5.84. The number of aliphatic hydroxyl groups excluding tert-OH is 1. The Morgan fingerprint density at radius 3 is 2.67 bits per heavy atom. The third kappa shape index (κ3) is 2.28. The van der Waals surface area contributed by atoms with Crippen LogP contribution in [-0.4, -0.2) is 24.3 Å². The molecule has 4 aliphatic rings. The molecule has 8 atom stereocenters. The van der Waals surface area contributed by atoms with Gasteiger partial charge in [-0.1, -0.05) is 25.5 Å². The lowest BCUT2D eigenvalue weighted by Gasteiger charge is -2.58. The molecular weight excluding hydrogens is 294 g/mol. The van der Waals surface area contributed by atoms with E-state index in [9.17, 15) is 5.11 Å². The van der Waals surface area contributed by atoms with Crippen molar-refractivity contribution in [2.24, 2.45) is 34.5 Å². The maximum absolute atomic E-state index is 10.1. The van der Waals surface area contributed by atoms with E-state index < -0.39 is 0 Å². The van der Waals surface area contributed by atoms with E-state index in [1.54, 1.807) is 5.57 Å². The Morgan fingerprint density at radius 1 is 1.12 bits per heavy atom. The van der Waals surface area contributed by atoms with E-state index in [1.165, 1.54) is 38.5 Å². The first kappa shape index (κ1) is 17.1. The summed E-state index contributed by atoms with van der Waals surface area (Å²) in [5, 5.41) is 13.7. The molecule has 5 unspecified atom stereocenters. The van der Waals surface area contributed by atoms with Gasteiger partial charge in [-0.3, -0.25) is 0 Å². The number of aliphatic hydroxyl groups is 1. The topological polar surface area (TPSA) is 32.3 Å². The molecule has 3 fully saturated rings. The van der Waals surface area contributed by atoms with Crippen LogP contribution in [0.1, 0.15) is 72.1 Å². The Balaban J connectivity index is 1.63. The van der Waals surface area contributed by atoms with Crippen LogP contribution in [0.4, 0.5) is 0 Å². The number of hydrogen-bond acceptors (Lipinski definition) is 2. The van der Waals surface area contributed by atoms with Gasteiger partial charge in [0.2, 0.25) is 0 Å². The van der Waals surface area contributed by atoms with Crippen LogP contribution in [0, 0.1) is 34.5 Å². The molecule has 136 valence electrons. The SMILES string of the molecule is CNC(C)[C@H]1CCC2C3CC=C4C[C@@H](O)CC[C@]4(C)C3CCC21C. The lowest BCUT2D eigenvalue weighted by atomic mass is 9.47. The summed E-state index contributed by atoms with van der Waals surface area (Å²) in [6, 6.07) is 0.645. The third-order valence-corrected chi connectivity index (χ3v) is 9.21. The molecule has 2 N–H and O–H groups in total. The Labute approximate surface area is 148 Å². The largest absolute Gasteiger partial charge is 0.393 e. The second-order valence-electron chi connectivity index (χ2n) is 9.96. The van der Waals surface area contributed by atoms with Crippen LogP contribution in [0.25, 0.3) is 0 Å². The monoisotopic (exact) mass is 331 g/mol. The summed E-state index contributed by atoms with van der Waals surface area (Å²) in [6.45, 7) is 7.55. The molecule has 0 radical (unpaired) electrons. The quantitative estimate of drug-likeness (QED) is 0.728. The molecule has 0 heterocycles. The summed E-state index contributed by atoms with van der Waals surface area (Å²) in [6.07, 6.45) is 12.6. The zero-order valence-electron chi connectivity index (χ0n) is 16.1. The summed E-state index contributed by atoms with van der Waals surface area (Å²) in [5.41, 5.74) is 2.53. The maximum atomic E-state index is 10.1. The van der Waals surface area contributed by atoms with Crippen molar-refractivity contribution < 1.29 is 5.11 Å². The van der Waals surface area contributed by atoms with Crippen molar-refractivity contribution in [1.82, 2.24) is 5.32 Å². The summed E-state index contributed by atoms with van der Waals surface area (Å²) in [5.74, 6) is 3.52. The van der Waals surface area contributed by atoms with Crippen molar-refractivity contribution in [1.29, 1.82) is 0 Å². The molecule has 2 heteroatoms. The summed E-state index contributed by atoms with van der Waals surface area (Å²) in [4.78, 5) is 0. The minimum atomic E-state index is -0.0814. The van der Waals surface area contributed by atoms with Crippen LogP contribution in [0.5, 0.6) is 0 Å². The van der Waals surface area contributed by atoms with Crippen LogP contribution in [0.3, 0.4) is 0 Å². The van der Waals surface area contributed by atoms with Crippen molar-refractivity contribution in [2.45, 2.75) is 84.3 Å². The summed E-state index contributed by atoms with van der Waals surface area (Å²) < 4.78 is 0. The molecule has 4 aliphatic carbocycles. The lowest BCUT2D eigenvalue weighted by molar-refractivity contribution is -0.0532. The molecule has 0 amide bonds. The maximum Gasteiger partial charge on any atom is 0.0577 e. The highest BCUT2D eigenvalue weighted by Gasteiger charge is 2.59. The molecule has 0 aliphatic heterocycles. The normalized spacial score (nSPS) is 52.0. The van der Waals surface area contributed by atoms with Gasteiger partial charge in [0.15, 0.2) is 0 Å². The van der Waals surface area contributed by atoms with E-state index in [4.69, 9.17) is 0 Å². The number of hydrogen-bond donors (Lipinski definition) is 2. The predicted octanol–water partition coefficient (Wildman–Crippen LogP) is 4.53. The molecule has 0 aromatic rings. The van der Waals surface area contributed by atoms with Gasteiger partial charge in [-0.15, -0.1) is 0 Å². The van der Waals surface area contributed by atoms with Crippen molar-refractivity contribution in [3.05, 3.63) is 11.6 Å². The Morgan fingerprint density at radius 2 is 1.92 bits per heavy atom. The molecule has 0 saturated heterocycles. The van der Waals surface area contributed by atoms with Crippen molar-refractivity contribution in [3.63, 3.8) is 0 Å². The predicted molar refractivity (Wildman–Crippen MR) is 99.7 cm³/mol. The van der Waals surface area contributed by atoms with Gasteiger partial charge in [0, 0.05) is 6.04 Å². The lowest BCUT2D eigenvalue weighted by Crippen LogP contribution is -2.52. The zero-order chi connectivity index (χ0) is 17.1. The molecule has 3 saturated carbocycles. The molecule has 0 spiro atoms. The van der Waals surface area contributed by atoms with E-state index >= 15 is 0 Å². The average Bonchev–Trinajstić information content (AvgIpc) is 2.92. The van der Waals surface area contributed by atoms with Gasteiger partial charge in [0.1, 0.15) is 0 Å². The molecule has 0 aromatic heterocycles. The highest BCUT2D eigenvalue weighted by Crippen LogP contribution is 2.66. The van der Waals surface area contributed by atoms with Gasteiger partial charge in [0.05, 0.1) is 6.10 Å². The number of allylic oxidation sites excluding steroid dienone is 1. The van der Waals surface area contributed by atoms with Crippen LogP contribution >= 0.6 is 0 Å². The molecule has 4 rings (SSSR count). The molecule has 24 heavy (non-hydrogen) atoms. The van der Waals surface area contributed by atoms with Crippen molar-refractivity contribution >= 4 is 0 Å². The van der Waals surface area contributed by atoms with E-state index in [0.717, 1.165) is 36.5 Å². The first-order valence-electron chi connectivity index (χ1n) is 10.4. The van der Waals surface area contributed by atoms with Gasteiger partial charge in [0.25, 0.3) is 0 Å². The fourth-order valence-corrected chi connectivity index (χ4v) is 7.70. The summed E-state index contributed by atoms with van der Waals surface area (Å²) >= 11 is 0. The minimum absolute atomic E-state index is 0.0814. The summed E-state index contributed by atoms with van der Waals surface area (Å²) in [7, 11) is 2.14. The van der Waals surface area contributed by atoms with Crippen LogP contribution in [0.15, 0.2) is 11.6 Å². The molecule has 2 nitrogen and oxygen atoms in total. The van der Waals surface area contributed by atoms with Gasteiger partial charge in [-0.25, -0.2) is 0 Å².